The molecular formula is C4H9ClN2O. The van der Waals surface area contributed by atoms with Gasteiger partial charge in [0, 0.05) is 6.61 Å². The van der Waals surface area contributed by atoms with Crippen molar-refractivity contribution in [3.8, 4) is 0 Å². The Morgan fingerprint density at radius 2 is 2.38 bits per heavy atom. The third-order valence-corrected chi connectivity index (χ3v) is 1.31. The molecule has 4 heteroatoms. The molecule has 0 saturated carbocycles. The van der Waals surface area contributed by atoms with Crippen molar-refractivity contribution in [2.24, 2.45) is 0 Å². The molecule has 0 bridgehead atoms. The Morgan fingerprint density at radius 3 is 2.50 bits per heavy atom. The van der Waals surface area contributed by atoms with E-state index < -0.39 is 0 Å². The highest BCUT2D eigenvalue weighted by atomic mass is 35.5. The number of hydrogen-bond donors (Lipinski definition) is 2. The van der Waals surface area contributed by atoms with Gasteiger partial charge in [0.25, 0.3) is 0 Å². The predicted octanol–water partition coefficient (Wildman–Crippen LogP) is 0.0217. The van der Waals surface area contributed by atoms with E-state index in [-0.39, 0.29) is 11.7 Å². The SMILES string of the molecule is CCOC1NN[C@H]1Cl. The van der Waals surface area contributed by atoms with Crippen LogP contribution in [-0.2, 0) is 4.74 Å². The standard InChI is InChI=1S/C4H9ClN2O/c1-2-8-4-3(5)6-7-4/h3-4,6-7H,2H2,1H3/t3-,4?/m1/s1. The Labute approximate surface area is 53.3 Å². The number of alkyl halides is 1. The molecule has 0 amide bonds. The molecule has 0 radical (unpaired) electrons. The predicted molar refractivity (Wildman–Crippen MR) is 31.3 cm³/mol. The number of nitrogens with one attached hydrogen (secondary N) is 2. The van der Waals surface area contributed by atoms with E-state index in [2.05, 4.69) is 10.9 Å². The van der Waals surface area contributed by atoms with E-state index in [0.717, 1.165) is 0 Å². The zero-order valence-corrected chi connectivity index (χ0v) is 5.40. The Morgan fingerprint density at radius 1 is 1.62 bits per heavy atom. The zero-order valence-electron chi connectivity index (χ0n) is 4.65. The highest BCUT2D eigenvalue weighted by Crippen LogP contribution is 2.06. The first-order valence-corrected chi connectivity index (χ1v) is 3.05. The first kappa shape index (κ1) is 6.29. The minimum absolute atomic E-state index is 0.00154. The second-order valence-electron chi connectivity index (χ2n) is 1.57. The molecule has 8 heavy (non-hydrogen) atoms. The molecule has 3 nitrogen and oxygen atoms in total. The second-order valence-corrected chi connectivity index (χ2v) is 2.04. The lowest BCUT2D eigenvalue weighted by Crippen LogP contribution is -2.65. The molecule has 1 heterocycles. The van der Waals surface area contributed by atoms with Gasteiger partial charge in [0.2, 0.25) is 0 Å². The average Bonchev–Trinajstić information content (AvgIpc) is 1.79. The van der Waals surface area contributed by atoms with Crippen LogP contribution in [0.2, 0.25) is 0 Å². The van der Waals surface area contributed by atoms with E-state index in [1.807, 2.05) is 6.92 Å². The van der Waals surface area contributed by atoms with Gasteiger partial charge in [-0.15, -0.1) is 11.6 Å². The Kier molecular flexibility index (Phi) is 2.08. The van der Waals surface area contributed by atoms with Gasteiger partial charge in [-0.05, 0) is 6.92 Å². The molecule has 1 aliphatic rings. The van der Waals surface area contributed by atoms with Crippen LogP contribution in [0.25, 0.3) is 0 Å². The van der Waals surface area contributed by atoms with Crippen molar-refractivity contribution < 1.29 is 4.74 Å². The summed E-state index contributed by atoms with van der Waals surface area (Å²) in [4.78, 5) is 0. The van der Waals surface area contributed by atoms with E-state index in [1.54, 1.807) is 0 Å². The van der Waals surface area contributed by atoms with Gasteiger partial charge in [-0.1, -0.05) is 0 Å². The van der Waals surface area contributed by atoms with Crippen molar-refractivity contribution in [2.75, 3.05) is 6.61 Å². The summed E-state index contributed by atoms with van der Waals surface area (Å²) in [5.41, 5.74) is 5.47. The second kappa shape index (κ2) is 2.64. The zero-order chi connectivity index (χ0) is 5.98. The summed E-state index contributed by atoms with van der Waals surface area (Å²) >= 11 is 5.60. The van der Waals surface area contributed by atoms with Gasteiger partial charge in [0.1, 0.15) is 5.50 Å². The number of ether oxygens (including phenoxy) is 1. The van der Waals surface area contributed by atoms with Gasteiger partial charge >= 0.3 is 0 Å². The van der Waals surface area contributed by atoms with Crippen LogP contribution in [0.5, 0.6) is 0 Å². The van der Waals surface area contributed by atoms with Crippen molar-refractivity contribution >= 4 is 11.6 Å². The van der Waals surface area contributed by atoms with Crippen molar-refractivity contribution in [1.82, 2.24) is 10.9 Å². The average molecular weight is 137 g/mol. The lowest BCUT2D eigenvalue weighted by atomic mass is 10.5. The summed E-state index contributed by atoms with van der Waals surface area (Å²) in [6.45, 7) is 2.63. The highest BCUT2D eigenvalue weighted by Gasteiger charge is 2.27. The summed E-state index contributed by atoms with van der Waals surface area (Å²) in [6.07, 6.45) is 0.00154. The van der Waals surface area contributed by atoms with Crippen LogP contribution in [0.15, 0.2) is 0 Å². The number of hydrazine groups is 1. The van der Waals surface area contributed by atoms with Crippen LogP contribution in [-0.4, -0.2) is 18.3 Å². The molecule has 1 fully saturated rings. The number of hydrogen-bond acceptors (Lipinski definition) is 3. The van der Waals surface area contributed by atoms with Gasteiger partial charge < -0.3 is 4.74 Å². The monoisotopic (exact) mass is 136 g/mol. The van der Waals surface area contributed by atoms with E-state index >= 15 is 0 Å². The Hall–Kier alpha value is 0.170. The van der Waals surface area contributed by atoms with Crippen molar-refractivity contribution in [3.05, 3.63) is 0 Å². The number of rotatable bonds is 2. The molecule has 0 aromatic rings. The smallest absolute Gasteiger partial charge is 0.151 e. The molecule has 0 spiro atoms. The molecule has 1 aliphatic heterocycles. The normalized spacial score (nSPS) is 36.8. The van der Waals surface area contributed by atoms with Crippen LogP contribution in [0, 0.1) is 0 Å². The molecule has 1 rings (SSSR count). The minimum Gasteiger partial charge on any atom is -0.359 e. The van der Waals surface area contributed by atoms with Crippen LogP contribution in [0.3, 0.4) is 0 Å². The molecule has 0 aromatic heterocycles. The van der Waals surface area contributed by atoms with Crippen molar-refractivity contribution in [2.45, 2.75) is 18.7 Å². The third-order valence-electron chi connectivity index (χ3n) is 0.976. The lowest BCUT2D eigenvalue weighted by molar-refractivity contribution is -0.0358. The van der Waals surface area contributed by atoms with Crippen molar-refractivity contribution in [3.63, 3.8) is 0 Å². The van der Waals surface area contributed by atoms with Gasteiger partial charge in [0.05, 0.1) is 0 Å². The molecular weight excluding hydrogens is 128 g/mol. The Bertz CT molecular complexity index is 80.4. The highest BCUT2D eigenvalue weighted by molar-refractivity contribution is 6.21. The van der Waals surface area contributed by atoms with Crippen LogP contribution in [0.4, 0.5) is 0 Å². The minimum atomic E-state index is -0.0602. The number of halogens is 1. The van der Waals surface area contributed by atoms with E-state index in [0.29, 0.717) is 6.61 Å². The molecule has 2 N–H and O–H groups in total. The van der Waals surface area contributed by atoms with Gasteiger partial charge in [-0.3, -0.25) is 0 Å². The quantitative estimate of drug-likeness (QED) is 0.415. The van der Waals surface area contributed by atoms with Gasteiger partial charge in [-0.2, -0.15) is 0 Å². The van der Waals surface area contributed by atoms with Gasteiger partial charge in [-0.25, -0.2) is 10.9 Å². The maximum absolute atomic E-state index is 5.60. The van der Waals surface area contributed by atoms with E-state index in [1.165, 1.54) is 0 Å². The van der Waals surface area contributed by atoms with Crippen molar-refractivity contribution in [1.29, 1.82) is 0 Å². The molecule has 0 aliphatic carbocycles. The summed E-state index contributed by atoms with van der Waals surface area (Å²) in [5, 5.41) is 0. The fraction of sp³-hybridized carbons (Fsp3) is 1.00. The topological polar surface area (TPSA) is 33.3 Å². The third kappa shape index (κ3) is 1.11. The molecule has 1 saturated heterocycles. The molecule has 0 aromatic carbocycles. The first-order chi connectivity index (χ1) is 3.84. The largest absolute Gasteiger partial charge is 0.359 e. The Balaban J connectivity index is 2.08. The fourth-order valence-electron chi connectivity index (χ4n) is 0.520. The first-order valence-electron chi connectivity index (χ1n) is 2.61. The lowest BCUT2D eigenvalue weighted by Gasteiger charge is -2.33. The maximum atomic E-state index is 5.60. The van der Waals surface area contributed by atoms with Crippen LogP contribution >= 0.6 is 11.6 Å². The summed E-state index contributed by atoms with van der Waals surface area (Å²) in [5.74, 6) is 0. The van der Waals surface area contributed by atoms with Gasteiger partial charge in [0.15, 0.2) is 6.23 Å². The van der Waals surface area contributed by atoms with Crippen LogP contribution in [0.1, 0.15) is 6.92 Å². The summed E-state index contributed by atoms with van der Waals surface area (Å²) in [7, 11) is 0. The fourth-order valence-corrected chi connectivity index (χ4v) is 0.719. The molecule has 2 atom stereocenters. The van der Waals surface area contributed by atoms with Crippen LogP contribution < -0.4 is 10.9 Å². The van der Waals surface area contributed by atoms with E-state index in [9.17, 15) is 0 Å². The molecule has 1 unspecified atom stereocenters. The van der Waals surface area contributed by atoms with E-state index in [4.69, 9.17) is 16.3 Å². The maximum Gasteiger partial charge on any atom is 0.151 e. The summed E-state index contributed by atoms with van der Waals surface area (Å²) in [6, 6.07) is 0. The summed E-state index contributed by atoms with van der Waals surface area (Å²) < 4.78 is 5.08. The molecule has 48 valence electrons.